The van der Waals surface area contributed by atoms with E-state index in [9.17, 15) is 8.78 Å². The monoisotopic (exact) mass is 239 g/mol. The number of halogens is 2. The van der Waals surface area contributed by atoms with Gasteiger partial charge >= 0.3 is 0 Å². The Bertz CT molecular complexity index is 426. The molecular formula is C12H15F2N3. The largest absolute Gasteiger partial charge is 0.369 e. The first kappa shape index (κ1) is 11.8. The van der Waals surface area contributed by atoms with E-state index in [0.29, 0.717) is 5.96 Å². The molecule has 0 radical (unpaired) electrons. The average molecular weight is 239 g/mol. The van der Waals surface area contributed by atoms with E-state index < -0.39 is 11.6 Å². The number of nitrogens with two attached hydrogens (primary N) is 1. The van der Waals surface area contributed by atoms with E-state index in [0.717, 1.165) is 32.0 Å². The van der Waals surface area contributed by atoms with Crippen LogP contribution in [0.2, 0.25) is 0 Å². The molecule has 0 unspecified atom stereocenters. The highest BCUT2D eigenvalue weighted by Crippen LogP contribution is 2.19. The van der Waals surface area contributed by atoms with Crippen molar-refractivity contribution in [2.75, 3.05) is 13.1 Å². The van der Waals surface area contributed by atoms with Gasteiger partial charge in [-0.3, -0.25) is 0 Å². The molecule has 0 bridgehead atoms. The normalized spacial score (nSPS) is 17.3. The van der Waals surface area contributed by atoms with Gasteiger partial charge in [0.2, 0.25) is 0 Å². The summed E-state index contributed by atoms with van der Waals surface area (Å²) in [4.78, 5) is 5.92. The highest BCUT2D eigenvalue weighted by atomic mass is 19.1. The molecule has 2 N–H and O–H groups in total. The summed E-state index contributed by atoms with van der Waals surface area (Å²) in [6, 6.07) is 3.27. The van der Waals surface area contributed by atoms with Crippen LogP contribution in [0.3, 0.4) is 0 Å². The number of aliphatic imine (C=N–C) groups is 1. The van der Waals surface area contributed by atoms with Gasteiger partial charge < -0.3 is 10.6 Å². The molecule has 17 heavy (non-hydrogen) atoms. The molecule has 0 aromatic heterocycles. The molecule has 1 aromatic rings. The van der Waals surface area contributed by atoms with Gasteiger partial charge in [0.05, 0.1) is 0 Å². The first-order valence-electron chi connectivity index (χ1n) is 5.71. The Morgan fingerprint density at radius 3 is 2.53 bits per heavy atom. The van der Waals surface area contributed by atoms with E-state index in [2.05, 4.69) is 4.99 Å². The van der Waals surface area contributed by atoms with Crippen molar-refractivity contribution in [3.05, 3.63) is 29.8 Å². The van der Waals surface area contributed by atoms with Crippen LogP contribution in [-0.2, 0) is 0 Å². The Balaban J connectivity index is 2.16. The van der Waals surface area contributed by atoms with Crippen LogP contribution < -0.4 is 5.73 Å². The Hall–Kier alpha value is -1.65. The molecule has 3 nitrogen and oxygen atoms in total. The number of guanidine groups is 1. The molecule has 0 amide bonds. The molecule has 2 rings (SSSR count). The number of likely N-dealkylation sites (tertiary alicyclic amines) is 1. The fourth-order valence-corrected chi connectivity index (χ4v) is 1.89. The molecule has 1 heterocycles. The summed E-state index contributed by atoms with van der Waals surface area (Å²) < 4.78 is 26.1. The van der Waals surface area contributed by atoms with Crippen LogP contribution in [0.5, 0.6) is 0 Å². The molecule has 1 aromatic carbocycles. The molecular weight excluding hydrogens is 224 g/mol. The predicted molar refractivity (Wildman–Crippen MR) is 63.1 cm³/mol. The zero-order valence-corrected chi connectivity index (χ0v) is 9.50. The van der Waals surface area contributed by atoms with Crippen LogP contribution >= 0.6 is 0 Å². The van der Waals surface area contributed by atoms with Crippen molar-refractivity contribution >= 4 is 11.6 Å². The van der Waals surface area contributed by atoms with Gasteiger partial charge in [-0.15, -0.1) is 0 Å². The van der Waals surface area contributed by atoms with Crippen LogP contribution in [-0.4, -0.2) is 23.9 Å². The van der Waals surface area contributed by atoms with E-state index in [1.54, 1.807) is 0 Å². The van der Waals surface area contributed by atoms with E-state index in [4.69, 9.17) is 5.73 Å². The van der Waals surface area contributed by atoms with E-state index in [1.165, 1.54) is 18.6 Å². The van der Waals surface area contributed by atoms with Crippen molar-refractivity contribution in [1.29, 1.82) is 0 Å². The smallest absolute Gasteiger partial charge is 0.196 e. The molecule has 1 saturated heterocycles. The third-order valence-corrected chi connectivity index (χ3v) is 2.82. The van der Waals surface area contributed by atoms with Gasteiger partial charge in [0, 0.05) is 19.2 Å². The highest BCUT2D eigenvalue weighted by Gasteiger charge is 2.12. The van der Waals surface area contributed by atoms with Gasteiger partial charge in [0.15, 0.2) is 11.8 Å². The third-order valence-electron chi connectivity index (χ3n) is 2.82. The third kappa shape index (κ3) is 2.93. The van der Waals surface area contributed by atoms with Crippen LogP contribution in [0.25, 0.3) is 0 Å². The Morgan fingerprint density at radius 2 is 1.88 bits per heavy atom. The lowest BCUT2D eigenvalue weighted by Gasteiger charge is -2.27. The number of benzene rings is 1. The van der Waals surface area contributed by atoms with Crippen molar-refractivity contribution in [2.24, 2.45) is 10.7 Å². The SMILES string of the molecule is NC(=Nc1ccc(F)cc1F)N1CCCCC1. The van der Waals surface area contributed by atoms with Crippen LogP contribution in [0.1, 0.15) is 19.3 Å². The zero-order chi connectivity index (χ0) is 12.3. The van der Waals surface area contributed by atoms with Crippen molar-refractivity contribution in [2.45, 2.75) is 19.3 Å². The molecule has 5 heteroatoms. The maximum Gasteiger partial charge on any atom is 0.196 e. The van der Waals surface area contributed by atoms with Gasteiger partial charge in [-0.2, -0.15) is 0 Å². The molecule has 1 fully saturated rings. The summed E-state index contributed by atoms with van der Waals surface area (Å²) in [5.41, 5.74) is 5.88. The zero-order valence-electron chi connectivity index (χ0n) is 9.50. The molecule has 1 aliphatic rings. The van der Waals surface area contributed by atoms with Gasteiger partial charge in [0.25, 0.3) is 0 Å². The minimum absolute atomic E-state index is 0.0782. The molecule has 0 aliphatic carbocycles. The number of nitrogens with zero attached hydrogens (tertiary/aromatic N) is 2. The minimum atomic E-state index is -0.690. The topological polar surface area (TPSA) is 41.6 Å². The summed E-state index contributed by atoms with van der Waals surface area (Å²) in [5, 5.41) is 0. The van der Waals surface area contributed by atoms with Crippen molar-refractivity contribution in [3.8, 4) is 0 Å². The lowest BCUT2D eigenvalue weighted by atomic mass is 10.1. The van der Waals surface area contributed by atoms with Crippen molar-refractivity contribution in [3.63, 3.8) is 0 Å². The highest BCUT2D eigenvalue weighted by molar-refractivity contribution is 5.81. The maximum atomic E-state index is 13.4. The fraction of sp³-hybridized carbons (Fsp3) is 0.417. The van der Waals surface area contributed by atoms with Gasteiger partial charge in [-0.25, -0.2) is 13.8 Å². The number of hydrogen-bond acceptors (Lipinski definition) is 1. The average Bonchev–Trinajstić information content (AvgIpc) is 2.34. The first-order valence-corrected chi connectivity index (χ1v) is 5.71. The summed E-state index contributed by atoms with van der Waals surface area (Å²) in [5.74, 6) is -1.00. The van der Waals surface area contributed by atoms with E-state index in [1.807, 2.05) is 4.90 Å². The molecule has 0 spiro atoms. The predicted octanol–water partition coefficient (Wildman–Crippen LogP) is 2.40. The van der Waals surface area contributed by atoms with Crippen LogP contribution in [0.15, 0.2) is 23.2 Å². The number of piperidine rings is 1. The number of rotatable bonds is 1. The van der Waals surface area contributed by atoms with Crippen LogP contribution in [0, 0.1) is 11.6 Å². The first-order chi connectivity index (χ1) is 8.16. The lowest BCUT2D eigenvalue weighted by molar-refractivity contribution is 0.339. The van der Waals surface area contributed by atoms with Crippen LogP contribution in [0.4, 0.5) is 14.5 Å². The van der Waals surface area contributed by atoms with E-state index in [-0.39, 0.29) is 5.69 Å². The number of hydrogen-bond donors (Lipinski definition) is 1. The second kappa shape index (κ2) is 5.12. The summed E-state index contributed by atoms with van der Waals surface area (Å²) in [6.45, 7) is 1.69. The maximum absolute atomic E-state index is 13.4. The Morgan fingerprint density at radius 1 is 1.18 bits per heavy atom. The minimum Gasteiger partial charge on any atom is -0.369 e. The van der Waals surface area contributed by atoms with Gasteiger partial charge in [-0.1, -0.05) is 0 Å². The van der Waals surface area contributed by atoms with Crippen molar-refractivity contribution < 1.29 is 8.78 Å². The standard InChI is InChI=1S/C12H15F2N3/c13-9-4-5-11(10(14)8-9)16-12(15)17-6-2-1-3-7-17/h4-5,8H,1-3,6-7H2,(H2,15,16). The summed E-state index contributed by atoms with van der Waals surface area (Å²) in [7, 11) is 0. The molecule has 92 valence electrons. The van der Waals surface area contributed by atoms with E-state index >= 15 is 0 Å². The lowest BCUT2D eigenvalue weighted by Crippen LogP contribution is -2.40. The summed E-state index contributed by atoms with van der Waals surface area (Å²) >= 11 is 0. The van der Waals surface area contributed by atoms with Gasteiger partial charge in [-0.05, 0) is 31.4 Å². The molecule has 0 saturated carbocycles. The molecule has 1 aliphatic heterocycles. The second-order valence-corrected chi connectivity index (χ2v) is 4.11. The Kier molecular flexibility index (Phi) is 3.56. The quantitative estimate of drug-likeness (QED) is 0.604. The second-order valence-electron chi connectivity index (χ2n) is 4.11. The fourth-order valence-electron chi connectivity index (χ4n) is 1.89. The van der Waals surface area contributed by atoms with Crippen molar-refractivity contribution in [1.82, 2.24) is 4.90 Å². The van der Waals surface area contributed by atoms with Gasteiger partial charge in [0.1, 0.15) is 11.5 Å². The summed E-state index contributed by atoms with van der Waals surface area (Å²) in [6.07, 6.45) is 3.33. The molecule has 0 atom stereocenters. The Labute approximate surface area is 98.9 Å².